The lowest BCUT2D eigenvalue weighted by molar-refractivity contribution is -0.133. The maximum Gasteiger partial charge on any atom is 0.390 e. The van der Waals surface area contributed by atoms with Gasteiger partial charge in [-0.15, -0.1) is 0 Å². The van der Waals surface area contributed by atoms with Crippen molar-refractivity contribution in [3.05, 3.63) is 0 Å². The van der Waals surface area contributed by atoms with E-state index in [4.69, 9.17) is 4.74 Å². The van der Waals surface area contributed by atoms with Gasteiger partial charge in [0.15, 0.2) is 0 Å². The Kier molecular flexibility index (Phi) is 3.21. The lowest BCUT2D eigenvalue weighted by Gasteiger charge is -2.19. The van der Waals surface area contributed by atoms with Crippen LogP contribution in [0, 0.1) is 5.92 Å². The van der Waals surface area contributed by atoms with Gasteiger partial charge >= 0.3 is 6.18 Å². The Morgan fingerprint density at radius 2 is 1.93 bits per heavy atom. The molecule has 88 valence electrons. The van der Waals surface area contributed by atoms with Crippen LogP contribution < -0.4 is 5.32 Å². The number of ether oxygens (including phenoxy) is 1. The minimum atomic E-state index is -4.05. The average Bonchev–Trinajstić information content (AvgIpc) is 2.86. The summed E-state index contributed by atoms with van der Waals surface area (Å²) in [7, 11) is 0. The molecule has 5 heteroatoms. The number of rotatable bonds is 4. The molecule has 1 saturated heterocycles. The molecule has 15 heavy (non-hydrogen) atoms. The van der Waals surface area contributed by atoms with Gasteiger partial charge in [-0.05, 0) is 25.2 Å². The Morgan fingerprint density at radius 3 is 2.53 bits per heavy atom. The molecule has 1 aliphatic carbocycles. The fourth-order valence-corrected chi connectivity index (χ4v) is 2.12. The number of alkyl halides is 3. The van der Waals surface area contributed by atoms with Crippen molar-refractivity contribution in [2.75, 3.05) is 13.2 Å². The minimum absolute atomic E-state index is 0.0146. The molecule has 0 aromatic carbocycles. The fraction of sp³-hybridized carbons (Fsp3) is 1.00. The molecule has 1 N–H and O–H groups in total. The van der Waals surface area contributed by atoms with E-state index in [9.17, 15) is 13.2 Å². The molecule has 2 fully saturated rings. The smallest absolute Gasteiger partial charge is 0.376 e. The molecule has 2 unspecified atom stereocenters. The highest BCUT2D eigenvalue weighted by molar-refractivity contribution is 4.93. The molecule has 2 rings (SSSR count). The molecule has 0 bridgehead atoms. The van der Waals surface area contributed by atoms with Crippen LogP contribution in [0.4, 0.5) is 13.2 Å². The van der Waals surface area contributed by atoms with Gasteiger partial charge in [-0.2, -0.15) is 13.2 Å². The molecule has 2 aliphatic rings. The number of hydrogen-bond acceptors (Lipinski definition) is 2. The summed E-state index contributed by atoms with van der Waals surface area (Å²) >= 11 is 0. The number of hydrogen-bond donors (Lipinski definition) is 1. The number of halogens is 3. The Labute approximate surface area is 87.2 Å². The van der Waals surface area contributed by atoms with Gasteiger partial charge in [0.1, 0.15) is 0 Å². The van der Waals surface area contributed by atoms with Gasteiger partial charge in [0, 0.05) is 19.2 Å². The zero-order valence-corrected chi connectivity index (χ0v) is 8.52. The van der Waals surface area contributed by atoms with Crippen molar-refractivity contribution in [1.82, 2.24) is 5.32 Å². The summed E-state index contributed by atoms with van der Waals surface area (Å²) in [6.45, 7) is 0.700. The van der Waals surface area contributed by atoms with E-state index in [1.807, 2.05) is 0 Å². The van der Waals surface area contributed by atoms with E-state index in [1.165, 1.54) is 12.8 Å². The molecule has 1 saturated carbocycles. The highest BCUT2D eigenvalue weighted by Gasteiger charge is 2.40. The van der Waals surface area contributed by atoms with Gasteiger partial charge in [0.25, 0.3) is 0 Å². The Hall–Kier alpha value is -0.290. The van der Waals surface area contributed by atoms with Crippen molar-refractivity contribution < 1.29 is 17.9 Å². The topological polar surface area (TPSA) is 21.3 Å². The summed E-state index contributed by atoms with van der Waals surface area (Å²) in [6.07, 6.45) is -1.45. The van der Waals surface area contributed by atoms with Crippen molar-refractivity contribution >= 4 is 0 Å². The van der Waals surface area contributed by atoms with E-state index in [-0.39, 0.29) is 18.7 Å². The van der Waals surface area contributed by atoms with Gasteiger partial charge in [-0.1, -0.05) is 0 Å². The SMILES string of the molecule is FC(F)(F)CCNC1CCOC1C1CC1. The van der Waals surface area contributed by atoms with Crippen LogP contribution in [0.1, 0.15) is 25.7 Å². The lowest BCUT2D eigenvalue weighted by Crippen LogP contribution is -2.39. The van der Waals surface area contributed by atoms with E-state index in [1.54, 1.807) is 0 Å². The quantitative estimate of drug-likeness (QED) is 0.788. The second-order valence-electron chi connectivity index (χ2n) is 4.39. The summed E-state index contributed by atoms with van der Waals surface area (Å²) in [5, 5.41) is 2.96. The van der Waals surface area contributed by atoms with Crippen molar-refractivity contribution in [1.29, 1.82) is 0 Å². The van der Waals surface area contributed by atoms with Gasteiger partial charge in [0.05, 0.1) is 12.5 Å². The van der Waals surface area contributed by atoms with Gasteiger partial charge < -0.3 is 10.1 Å². The predicted molar refractivity (Wildman–Crippen MR) is 49.5 cm³/mol. The third-order valence-corrected chi connectivity index (χ3v) is 3.04. The highest BCUT2D eigenvalue weighted by Crippen LogP contribution is 2.38. The summed E-state index contributed by atoms with van der Waals surface area (Å²) < 4.78 is 41.3. The van der Waals surface area contributed by atoms with Crippen molar-refractivity contribution in [2.45, 2.75) is 44.0 Å². The zero-order valence-electron chi connectivity index (χ0n) is 8.52. The summed E-state index contributed by atoms with van der Waals surface area (Å²) in [5.74, 6) is 0.593. The summed E-state index contributed by atoms with van der Waals surface area (Å²) in [4.78, 5) is 0. The van der Waals surface area contributed by atoms with Gasteiger partial charge in [-0.3, -0.25) is 0 Å². The number of nitrogens with one attached hydrogen (secondary N) is 1. The lowest BCUT2D eigenvalue weighted by atomic mass is 10.1. The van der Waals surface area contributed by atoms with Crippen LogP contribution in [0.2, 0.25) is 0 Å². The Morgan fingerprint density at radius 1 is 1.20 bits per heavy atom. The van der Waals surface area contributed by atoms with Crippen LogP contribution in [-0.4, -0.2) is 31.5 Å². The maximum atomic E-state index is 11.9. The Balaban J connectivity index is 1.69. The van der Waals surface area contributed by atoms with Crippen molar-refractivity contribution in [3.8, 4) is 0 Å². The first-order chi connectivity index (χ1) is 7.06. The predicted octanol–water partition coefficient (Wildman–Crippen LogP) is 2.10. The highest BCUT2D eigenvalue weighted by atomic mass is 19.4. The maximum absolute atomic E-state index is 11.9. The second kappa shape index (κ2) is 4.29. The first-order valence-corrected chi connectivity index (χ1v) is 5.48. The molecule has 2 nitrogen and oxygen atoms in total. The fourth-order valence-electron chi connectivity index (χ4n) is 2.12. The molecule has 0 aromatic heterocycles. The third-order valence-electron chi connectivity index (χ3n) is 3.04. The average molecular weight is 223 g/mol. The van der Waals surface area contributed by atoms with E-state index in [0.717, 1.165) is 6.42 Å². The van der Waals surface area contributed by atoms with Gasteiger partial charge in [0.2, 0.25) is 0 Å². The molecular weight excluding hydrogens is 207 g/mol. The third kappa shape index (κ3) is 3.34. The summed E-state index contributed by atoms with van der Waals surface area (Å²) in [5.41, 5.74) is 0. The standard InChI is InChI=1S/C10H16F3NO/c11-10(12,13)4-5-14-8-3-6-15-9(8)7-1-2-7/h7-9,14H,1-6H2. The minimum Gasteiger partial charge on any atom is -0.376 e. The Bertz CT molecular complexity index is 215. The van der Waals surface area contributed by atoms with E-state index in [0.29, 0.717) is 12.5 Å². The zero-order chi connectivity index (χ0) is 10.9. The largest absolute Gasteiger partial charge is 0.390 e. The van der Waals surface area contributed by atoms with E-state index >= 15 is 0 Å². The van der Waals surface area contributed by atoms with Crippen LogP contribution in [-0.2, 0) is 4.74 Å². The van der Waals surface area contributed by atoms with Crippen molar-refractivity contribution in [2.24, 2.45) is 5.92 Å². The second-order valence-corrected chi connectivity index (χ2v) is 4.39. The molecule has 1 aliphatic heterocycles. The molecular formula is C10H16F3NO. The van der Waals surface area contributed by atoms with Crippen LogP contribution in [0.5, 0.6) is 0 Å². The monoisotopic (exact) mass is 223 g/mol. The van der Waals surface area contributed by atoms with Crippen LogP contribution >= 0.6 is 0 Å². The molecule has 0 spiro atoms. The van der Waals surface area contributed by atoms with E-state index < -0.39 is 12.6 Å². The molecule has 0 radical (unpaired) electrons. The van der Waals surface area contributed by atoms with Gasteiger partial charge in [-0.25, -0.2) is 0 Å². The normalized spacial score (nSPS) is 32.2. The van der Waals surface area contributed by atoms with Crippen LogP contribution in [0.15, 0.2) is 0 Å². The molecule has 2 atom stereocenters. The molecule has 0 amide bonds. The van der Waals surface area contributed by atoms with Crippen molar-refractivity contribution in [3.63, 3.8) is 0 Å². The first-order valence-electron chi connectivity index (χ1n) is 5.48. The van der Waals surface area contributed by atoms with E-state index in [2.05, 4.69) is 5.32 Å². The first kappa shape index (κ1) is 11.2. The summed E-state index contributed by atoms with van der Waals surface area (Å²) in [6, 6.07) is 0.139. The molecule has 0 aromatic rings. The molecule has 1 heterocycles. The van der Waals surface area contributed by atoms with Crippen LogP contribution in [0.25, 0.3) is 0 Å². The van der Waals surface area contributed by atoms with Crippen LogP contribution in [0.3, 0.4) is 0 Å².